The molecule has 0 fully saturated rings. The minimum absolute atomic E-state index is 0.0509. The van der Waals surface area contributed by atoms with E-state index in [9.17, 15) is 9.59 Å². The van der Waals surface area contributed by atoms with Gasteiger partial charge in [-0.1, -0.05) is 78.9 Å². The van der Waals surface area contributed by atoms with Gasteiger partial charge in [0.25, 0.3) is 0 Å². The second-order valence-corrected chi connectivity index (χ2v) is 9.87. The molecule has 206 valence electrons. The van der Waals surface area contributed by atoms with Gasteiger partial charge in [0, 0.05) is 44.2 Å². The molecule has 1 aromatic heterocycles. The minimum Gasteiger partial charge on any atom is -0.496 e. The fourth-order valence-electron chi connectivity index (χ4n) is 5.55. The van der Waals surface area contributed by atoms with Crippen LogP contribution in [0.25, 0.3) is 0 Å². The molecule has 3 aromatic carbocycles. The molecular weight excluding hydrogens is 502 g/mol. The van der Waals surface area contributed by atoms with Crippen LogP contribution in [0.2, 0.25) is 0 Å². The Morgan fingerprint density at radius 2 is 1.50 bits per heavy atom. The number of amides is 2. The van der Waals surface area contributed by atoms with Gasteiger partial charge in [0.05, 0.1) is 26.2 Å². The van der Waals surface area contributed by atoms with Crippen molar-refractivity contribution in [3.05, 3.63) is 126 Å². The van der Waals surface area contributed by atoms with Crippen LogP contribution in [-0.4, -0.2) is 66.6 Å². The smallest absolute Gasteiger partial charge is 0.243 e. The number of carbonyl (C=O) groups excluding carboxylic acids is 2. The molecule has 0 saturated heterocycles. The molecule has 2 amide bonds. The lowest BCUT2D eigenvalue weighted by Gasteiger charge is -2.39. The quantitative estimate of drug-likeness (QED) is 0.293. The van der Waals surface area contributed by atoms with Gasteiger partial charge in [0.2, 0.25) is 11.8 Å². The van der Waals surface area contributed by atoms with Crippen LogP contribution in [0.15, 0.2) is 103 Å². The Bertz CT molecular complexity index is 1380. The maximum atomic E-state index is 14.3. The normalized spacial score (nSPS) is 14.6. The number of hydrogen-bond donors (Lipinski definition) is 0. The van der Waals surface area contributed by atoms with Crippen molar-refractivity contribution in [2.24, 2.45) is 0 Å². The highest BCUT2D eigenvalue weighted by molar-refractivity contribution is 5.91. The molecule has 7 nitrogen and oxygen atoms in total. The predicted molar refractivity (Wildman–Crippen MR) is 154 cm³/mol. The van der Waals surface area contributed by atoms with E-state index in [4.69, 9.17) is 9.47 Å². The summed E-state index contributed by atoms with van der Waals surface area (Å²) in [7, 11) is 3.25. The maximum Gasteiger partial charge on any atom is 0.243 e. The maximum absolute atomic E-state index is 14.3. The van der Waals surface area contributed by atoms with E-state index in [1.165, 1.54) is 0 Å². The van der Waals surface area contributed by atoms with Crippen molar-refractivity contribution in [3.8, 4) is 5.75 Å². The molecule has 0 radical (unpaired) electrons. The number of benzene rings is 3. The summed E-state index contributed by atoms with van der Waals surface area (Å²) in [6.45, 7) is 1.79. The molecule has 0 spiro atoms. The summed E-state index contributed by atoms with van der Waals surface area (Å²) in [5.74, 6) is -0.0548. The summed E-state index contributed by atoms with van der Waals surface area (Å²) in [6.07, 6.45) is 2.04. The summed E-state index contributed by atoms with van der Waals surface area (Å²) < 4.78 is 13.2. The summed E-state index contributed by atoms with van der Waals surface area (Å²) in [6, 6.07) is 31.0. The van der Waals surface area contributed by atoms with E-state index in [0.717, 1.165) is 28.1 Å². The van der Waals surface area contributed by atoms with E-state index in [2.05, 4.69) is 4.57 Å². The summed E-state index contributed by atoms with van der Waals surface area (Å²) in [5.41, 5.74) is 3.71. The van der Waals surface area contributed by atoms with Gasteiger partial charge >= 0.3 is 0 Å². The van der Waals surface area contributed by atoms with E-state index < -0.39 is 5.92 Å². The third-order valence-electron chi connectivity index (χ3n) is 7.51. The molecule has 2 heterocycles. The van der Waals surface area contributed by atoms with Gasteiger partial charge in [-0.25, -0.2) is 0 Å². The molecule has 1 aliphatic heterocycles. The standard InChI is InChI=1S/C33H35N3O4/c1-39-23-22-35(33(38)31(25-12-5-3-6-13-25)26-14-7-4-8-15-26)24-30(37)36-21-20-34-19-11-17-28(34)32(36)27-16-9-10-18-29(27)40-2/h3-19,31-32H,20-24H2,1-2H3. The Balaban J connectivity index is 1.48. The van der Waals surface area contributed by atoms with Crippen LogP contribution in [0.3, 0.4) is 0 Å². The lowest BCUT2D eigenvalue weighted by Crippen LogP contribution is -2.49. The number of ether oxygens (including phenoxy) is 2. The monoisotopic (exact) mass is 537 g/mol. The van der Waals surface area contributed by atoms with Crippen molar-refractivity contribution in [1.29, 1.82) is 0 Å². The van der Waals surface area contributed by atoms with Gasteiger partial charge in [-0.05, 0) is 29.3 Å². The zero-order valence-corrected chi connectivity index (χ0v) is 23.0. The molecule has 1 atom stereocenters. The molecule has 0 N–H and O–H groups in total. The van der Waals surface area contributed by atoms with Crippen LogP contribution >= 0.6 is 0 Å². The van der Waals surface area contributed by atoms with Gasteiger partial charge in [-0.2, -0.15) is 0 Å². The van der Waals surface area contributed by atoms with Crippen LogP contribution < -0.4 is 4.74 Å². The third-order valence-corrected chi connectivity index (χ3v) is 7.51. The van der Waals surface area contributed by atoms with Crippen LogP contribution in [0, 0.1) is 0 Å². The fraction of sp³-hybridized carbons (Fsp3) is 0.273. The van der Waals surface area contributed by atoms with Crippen LogP contribution in [0.1, 0.15) is 34.3 Å². The molecular formula is C33H35N3O4. The summed E-state index contributed by atoms with van der Waals surface area (Å²) in [4.78, 5) is 31.9. The number of para-hydroxylation sites is 1. The number of carbonyl (C=O) groups is 2. The van der Waals surface area contributed by atoms with Crippen LogP contribution in [0.5, 0.6) is 5.75 Å². The van der Waals surface area contributed by atoms with E-state index in [1.54, 1.807) is 19.1 Å². The molecule has 1 unspecified atom stereocenters. The molecule has 1 aliphatic rings. The summed E-state index contributed by atoms with van der Waals surface area (Å²) >= 11 is 0. The summed E-state index contributed by atoms with van der Waals surface area (Å²) in [5, 5.41) is 0. The van der Waals surface area contributed by atoms with E-state index in [1.807, 2.05) is 108 Å². The molecule has 5 rings (SSSR count). The lowest BCUT2D eigenvalue weighted by atomic mass is 9.90. The average Bonchev–Trinajstić information content (AvgIpc) is 3.49. The third kappa shape index (κ3) is 5.65. The first kappa shape index (κ1) is 27.2. The Morgan fingerprint density at radius 1 is 0.850 bits per heavy atom. The van der Waals surface area contributed by atoms with Crippen molar-refractivity contribution in [3.63, 3.8) is 0 Å². The Kier molecular flexibility index (Phi) is 8.62. The van der Waals surface area contributed by atoms with Crippen molar-refractivity contribution < 1.29 is 19.1 Å². The molecule has 0 aliphatic carbocycles. The van der Waals surface area contributed by atoms with Gasteiger partial charge in [0.1, 0.15) is 11.8 Å². The van der Waals surface area contributed by atoms with Gasteiger partial charge in [-0.15, -0.1) is 0 Å². The van der Waals surface area contributed by atoms with Crippen LogP contribution in [0.4, 0.5) is 0 Å². The SMILES string of the molecule is COCCN(CC(=O)N1CCn2cccc2C1c1ccccc1OC)C(=O)C(c1ccccc1)c1ccccc1. The topological polar surface area (TPSA) is 64.0 Å². The second-order valence-electron chi connectivity index (χ2n) is 9.87. The zero-order chi connectivity index (χ0) is 27.9. The molecule has 40 heavy (non-hydrogen) atoms. The molecule has 7 heteroatoms. The molecule has 0 bridgehead atoms. The highest BCUT2D eigenvalue weighted by Crippen LogP contribution is 2.37. The predicted octanol–water partition coefficient (Wildman–Crippen LogP) is 4.74. The van der Waals surface area contributed by atoms with Crippen molar-refractivity contribution in [2.45, 2.75) is 18.5 Å². The zero-order valence-electron chi connectivity index (χ0n) is 23.0. The van der Waals surface area contributed by atoms with Gasteiger partial charge in [-0.3, -0.25) is 9.59 Å². The number of nitrogens with zero attached hydrogens (tertiary/aromatic N) is 3. The number of rotatable bonds is 10. The number of aromatic nitrogens is 1. The highest BCUT2D eigenvalue weighted by atomic mass is 16.5. The van der Waals surface area contributed by atoms with Gasteiger partial charge in [0.15, 0.2) is 0 Å². The van der Waals surface area contributed by atoms with Gasteiger partial charge < -0.3 is 23.8 Å². The molecule has 0 saturated carbocycles. The fourth-order valence-corrected chi connectivity index (χ4v) is 5.55. The van der Waals surface area contributed by atoms with Crippen LogP contribution in [-0.2, 0) is 20.9 Å². The van der Waals surface area contributed by atoms with E-state index >= 15 is 0 Å². The first-order valence-electron chi connectivity index (χ1n) is 13.6. The number of hydrogen-bond acceptors (Lipinski definition) is 4. The Labute approximate surface area is 235 Å². The van der Waals surface area contributed by atoms with E-state index in [0.29, 0.717) is 26.2 Å². The minimum atomic E-state index is -0.532. The first-order valence-corrected chi connectivity index (χ1v) is 13.6. The second kappa shape index (κ2) is 12.7. The lowest BCUT2D eigenvalue weighted by molar-refractivity contribution is -0.143. The Morgan fingerprint density at radius 3 is 2.15 bits per heavy atom. The largest absolute Gasteiger partial charge is 0.496 e. The number of fused-ring (bicyclic) bond motifs is 1. The average molecular weight is 538 g/mol. The van der Waals surface area contributed by atoms with Crippen molar-refractivity contribution >= 4 is 11.8 Å². The van der Waals surface area contributed by atoms with Crippen molar-refractivity contribution in [1.82, 2.24) is 14.4 Å². The van der Waals surface area contributed by atoms with E-state index in [-0.39, 0.29) is 24.4 Å². The van der Waals surface area contributed by atoms with Crippen molar-refractivity contribution in [2.75, 3.05) is 40.5 Å². The highest BCUT2D eigenvalue weighted by Gasteiger charge is 2.36. The molecule has 4 aromatic rings. The first-order chi connectivity index (χ1) is 19.6. The number of methoxy groups -OCH3 is 2. The Hall–Kier alpha value is -4.36.